The lowest BCUT2D eigenvalue weighted by Gasteiger charge is -2.16. The van der Waals surface area contributed by atoms with Crippen molar-refractivity contribution in [2.24, 2.45) is 13.0 Å². The van der Waals surface area contributed by atoms with Crippen LogP contribution in [0.25, 0.3) is 10.9 Å². The number of hydrogen-bond acceptors (Lipinski definition) is 4. The van der Waals surface area contributed by atoms with Gasteiger partial charge in [0.2, 0.25) is 5.91 Å². The average Bonchev–Trinajstić information content (AvgIpc) is 3.34. The van der Waals surface area contributed by atoms with Crippen molar-refractivity contribution >= 4 is 16.8 Å². The number of rotatable bonds is 5. The largest absolute Gasteiger partial charge is 0.370 e. The van der Waals surface area contributed by atoms with Crippen LogP contribution < -0.4 is 5.32 Å². The lowest BCUT2D eigenvalue weighted by molar-refractivity contribution is -0.120. The third kappa shape index (κ3) is 3.15. The maximum absolute atomic E-state index is 12.4. The molecule has 0 bridgehead atoms. The average molecular weight is 339 g/mol. The van der Waals surface area contributed by atoms with Gasteiger partial charge in [-0.3, -0.25) is 9.89 Å². The van der Waals surface area contributed by atoms with E-state index in [2.05, 4.69) is 43.3 Å². The van der Waals surface area contributed by atoms with Gasteiger partial charge in [-0.25, -0.2) is 4.98 Å². The van der Waals surface area contributed by atoms with Crippen LogP contribution >= 0.6 is 0 Å². The number of benzene rings is 1. The zero-order chi connectivity index (χ0) is 17.2. The highest BCUT2D eigenvalue weighted by molar-refractivity contribution is 5.84. The van der Waals surface area contributed by atoms with Gasteiger partial charge in [-0.2, -0.15) is 5.10 Å². The van der Waals surface area contributed by atoms with E-state index in [9.17, 15) is 4.79 Å². The van der Waals surface area contributed by atoms with E-state index in [0.717, 1.165) is 28.8 Å². The zero-order valence-electron chi connectivity index (χ0n) is 14.1. The summed E-state index contributed by atoms with van der Waals surface area (Å²) in [6.45, 7) is 1.25. The van der Waals surface area contributed by atoms with Gasteiger partial charge in [-0.05, 0) is 23.9 Å². The number of nitrogens with zero attached hydrogens (tertiary/aromatic N) is 3. The van der Waals surface area contributed by atoms with Crippen molar-refractivity contribution in [2.45, 2.75) is 18.9 Å². The van der Waals surface area contributed by atoms with Gasteiger partial charge >= 0.3 is 0 Å². The minimum atomic E-state index is -0.125. The standard InChI is InChI=1S/C18H21N5O2/c1-23-14(8-12-4-2-3-5-15(12)23)9-16(24)19-10-13-6-7-25-17(13)18-20-11-21-22-18/h2-5,8,11,13,17H,6-7,9-10H2,1H3,(H,19,24)(H,20,21,22)/t13-,17-/m0/s1. The van der Waals surface area contributed by atoms with Crippen LogP contribution in [0.15, 0.2) is 36.7 Å². The molecule has 1 amide bonds. The van der Waals surface area contributed by atoms with Gasteiger partial charge < -0.3 is 14.6 Å². The Hall–Kier alpha value is -2.67. The van der Waals surface area contributed by atoms with E-state index < -0.39 is 0 Å². The molecule has 130 valence electrons. The Morgan fingerprint density at radius 2 is 2.32 bits per heavy atom. The highest BCUT2D eigenvalue weighted by atomic mass is 16.5. The Morgan fingerprint density at radius 1 is 1.44 bits per heavy atom. The molecule has 1 aliphatic heterocycles. The minimum Gasteiger partial charge on any atom is -0.370 e. The maximum Gasteiger partial charge on any atom is 0.225 e. The van der Waals surface area contributed by atoms with Gasteiger partial charge in [0, 0.05) is 37.3 Å². The molecule has 1 aromatic carbocycles. The van der Waals surface area contributed by atoms with Crippen LogP contribution in [0, 0.1) is 5.92 Å². The first-order valence-electron chi connectivity index (χ1n) is 8.49. The molecule has 0 aliphatic carbocycles. The zero-order valence-corrected chi connectivity index (χ0v) is 14.1. The number of ether oxygens (including phenoxy) is 1. The number of fused-ring (bicyclic) bond motifs is 1. The third-order valence-corrected chi connectivity index (χ3v) is 4.87. The van der Waals surface area contributed by atoms with Gasteiger partial charge in [0.25, 0.3) is 0 Å². The van der Waals surface area contributed by atoms with Gasteiger partial charge in [0.1, 0.15) is 12.4 Å². The van der Waals surface area contributed by atoms with Crippen molar-refractivity contribution in [3.63, 3.8) is 0 Å². The molecule has 0 unspecified atom stereocenters. The second-order valence-corrected chi connectivity index (χ2v) is 6.45. The Bertz CT molecular complexity index is 871. The predicted octanol–water partition coefficient (Wildman–Crippen LogP) is 1.73. The first-order chi connectivity index (χ1) is 12.2. The number of aryl methyl sites for hydroxylation is 1. The second-order valence-electron chi connectivity index (χ2n) is 6.45. The summed E-state index contributed by atoms with van der Waals surface area (Å²) < 4.78 is 7.80. The monoisotopic (exact) mass is 339 g/mol. The van der Waals surface area contributed by atoms with Crippen molar-refractivity contribution in [3.8, 4) is 0 Å². The lowest BCUT2D eigenvalue weighted by atomic mass is 10.0. The SMILES string of the molecule is Cn1c(CC(=O)NC[C@@H]2CCO[C@@H]2c2ncn[nH]2)cc2ccccc21. The Labute approximate surface area is 145 Å². The predicted molar refractivity (Wildman–Crippen MR) is 92.8 cm³/mol. The molecular formula is C18H21N5O2. The van der Waals surface area contributed by atoms with E-state index in [1.54, 1.807) is 0 Å². The Kier molecular flexibility index (Phi) is 4.23. The second kappa shape index (κ2) is 6.68. The van der Waals surface area contributed by atoms with E-state index >= 15 is 0 Å². The molecule has 2 N–H and O–H groups in total. The van der Waals surface area contributed by atoms with E-state index in [-0.39, 0.29) is 17.9 Å². The van der Waals surface area contributed by atoms with Crippen molar-refractivity contribution in [1.29, 1.82) is 0 Å². The summed E-state index contributed by atoms with van der Waals surface area (Å²) in [4.78, 5) is 16.6. The summed E-state index contributed by atoms with van der Waals surface area (Å²) >= 11 is 0. The molecule has 4 rings (SSSR count). The fourth-order valence-corrected chi connectivity index (χ4v) is 3.48. The molecule has 1 aliphatic rings. The van der Waals surface area contributed by atoms with Crippen molar-refractivity contribution in [1.82, 2.24) is 25.1 Å². The third-order valence-electron chi connectivity index (χ3n) is 4.87. The Balaban J connectivity index is 1.38. The topological polar surface area (TPSA) is 84.8 Å². The Morgan fingerprint density at radius 3 is 3.12 bits per heavy atom. The number of carbonyl (C=O) groups is 1. The number of carbonyl (C=O) groups excluding carboxylic acids is 1. The fourth-order valence-electron chi connectivity index (χ4n) is 3.48. The van der Waals surface area contributed by atoms with E-state index in [1.165, 1.54) is 6.33 Å². The van der Waals surface area contributed by atoms with Crippen LogP contribution in [0.1, 0.15) is 24.0 Å². The van der Waals surface area contributed by atoms with Gasteiger partial charge in [-0.1, -0.05) is 18.2 Å². The van der Waals surface area contributed by atoms with Crippen LogP contribution in [-0.4, -0.2) is 38.8 Å². The molecule has 2 atom stereocenters. The number of para-hydroxylation sites is 1. The van der Waals surface area contributed by atoms with Crippen LogP contribution in [0.2, 0.25) is 0 Å². The van der Waals surface area contributed by atoms with E-state index in [0.29, 0.717) is 19.6 Å². The molecule has 25 heavy (non-hydrogen) atoms. The number of nitrogens with one attached hydrogen (secondary N) is 2. The molecular weight excluding hydrogens is 318 g/mol. The summed E-state index contributed by atoms with van der Waals surface area (Å²) in [7, 11) is 2.00. The first-order valence-corrected chi connectivity index (χ1v) is 8.49. The normalized spacial score (nSPS) is 20.2. The molecule has 7 nitrogen and oxygen atoms in total. The number of amides is 1. The van der Waals surface area contributed by atoms with Crippen molar-refractivity contribution in [2.75, 3.05) is 13.2 Å². The number of H-pyrrole nitrogens is 1. The maximum atomic E-state index is 12.4. The molecule has 3 heterocycles. The first kappa shape index (κ1) is 15.8. The molecule has 0 radical (unpaired) electrons. The minimum absolute atomic E-state index is 0.0223. The molecule has 0 saturated carbocycles. The van der Waals surface area contributed by atoms with Crippen LogP contribution in [0.5, 0.6) is 0 Å². The highest BCUT2D eigenvalue weighted by Gasteiger charge is 2.32. The molecule has 1 fully saturated rings. The van der Waals surface area contributed by atoms with E-state index in [4.69, 9.17) is 4.74 Å². The van der Waals surface area contributed by atoms with Gasteiger partial charge in [0.05, 0.1) is 6.42 Å². The number of aromatic amines is 1. The van der Waals surface area contributed by atoms with Crippen LogP contribution in [-0.2, 0) is 23.0 Å². The van der Waals surface area contributed by atoms with E-state index in [1.807, 2.05) is 19.2 Å². The van der Waals surface area contributed by atoms with Gasteiger partial charge in [-0.15, -0.1) is 0 Å². The fraction of sp³-hybridized carbons (Fsp3) is 0.389. The van der Waals surface area contributed by atoms with Crippen LogP contribution in [0.4, 0.5) is 0 Å². The molecule has 0 spiro atoms. The summed E-state index contributed by atoms with van der Waals surface area (Å²) in [5.74, 6) is 0.962. The highest BCUT2D eigenvalue weighted by Crippen LogP contribution is 2.31. The molecule has 1 saturated heterocycles. The summed E-state index contributed by atoms with van der Waals surface area (Å²) in [5, 5.41) is 10.9. The summed E-state index contributed by atoms with van der Waals surface area (Å²) in [6, 6.07) is 10.2. The number of aromatic nitrogens is 4. The van der Waals surface area contributed by atoms with Crippen molar-refractivity contribution in [3.05, 3.63) is 48.2 Å². The smallest absolute Gasteiger partial charge is 0.225 e. The molecule has 3 aromatic rings. The lowest BCUT2D eigenvalue weighted by Crippen LogP contribution is -2.32. The quantitative estimate of drug-likeness (QED) is 0.741. The number of hydrogen-bond donors (Lipinski definition) is 2. The summed E-state index contributed by atoms with van der Waals surface area (Å²) in [5.41, 5.74) is 2.15. The molecule has 2 aromatic heterocycles. The van der Waals surface area contributed by atoms with Gasteiger partial charge in [0.15, 0.2) is 5.82 Å². The van der Waals surface area contributed by atoms with Crippen LogP contribution in [0.3, 0.4) is 0 Å². The molecule has 7 heteroatoms. The van der Waals surface area contributed by atoms with Crippen molar-refractivity contribution < 1.29 is 9.53 Å². The summed E-state index contributed by atoms with van der Waals surface area (Å²) in [6.07, 6.45) is 2.62.